The summed E-state index contributed by atoms with van der Waals surface area (Å²) in [6.07, 6.45) is 1.79. The van der Waals surface area contributed by atoms with Gasteiger partial charge in [0.25, 0.3) is 0 Å². The van der Waals surface area contributed by atoms with E-state index in [1.807, 2.05) is 0 Å². The summed E-state index contributed by atoms with van der Waals surface area (Å²) >= 11 is 0. The first-order valence-electron chi connectivity index (χ1n) is 5.45. The van der Waals surface area contributed by atoms with Gasteiger partial charge in [-0.2, -0.15) is 0 Å². The fraction of sp³-hybridized carbons (Fsp3) is 0.900. The molecule has 2 aliphatic heterocycles. The number of carbonyl (C=O) groups is 1. The van der Waals surface area contributed by atoms with Crippen molar-refractivity contribution in [2.24, 2.45) is 5.92 Å². The van der Waals surface area contributed by atoms with Crippen LogP contribution in [0.15, 0.2) is 0 Å². The minimum absolute atomic E-state index is 0.0383. The molecule has 2 saturated heterocycles. The van der Waals surface area contributed by atoms with E-state index in [9.17, 15) is 4.79 Å². The van der Waals surface area contributed by atoms with Crippen LogP contribution in [0.5, 0.6) is 0 Å². The van der Waals surface area contributed by atoms with Gasteiger partial charge in [-0.3, -0.25) is 4.79 Å². The van der Waals surface area contributed by atoms with Crippen LogP contribution < -0.4 is 5.32 Å². The van der Waals surface area contributed by atoms with Crippen LogP contribution in [0, 0.1) is 5.92 Å². The van der Waals surface area contributed by atoms with E-state index >= 15 is 0 Å². The molecule has 5 heteroatoms. The van der Waals surface area contributed by atoms with Crippen molar-refractivity contribution >= 4 is 5.97 Å². The molecule has 2 N–H and O–H groups in total. The Bertz CT molecular complexity index is 227. The molecule has 0 aliphatic carbocycles. The highest BCUT2D eigenvalue weighted by Crippen LogP contribution is 2.25. The van der Waals surface area contributed by atoms with E-state index in [-0.39, 0.29) is 18.8 Å². The number of carboxylic acids is 1. The summed E-state index contributed by atoms with van der Waals surface area (Å²) in [4.78, 5) is 10.5. The van der Waals surface area contributed by atoms with Gasteiger partial charge in [0.1, 0.15) is 0 Å². The predicted molar refractivity (Wildman–Crippen MR) is 52.5 cm³/mol. The normalized spacial score (nSPS) is 36.7. The molecule has 0 radical (unpaired) electrons. The van der Waals surface area contributed by atoms with Crippen molar-refractivity contribution in [1.82, 2.24) is 5.32 Å². The van der Waals surface area contributed by atoms with Gasteiger partial charge >= 0.3 is 5.97 Å². The molecule has 0 spiro atoms. The highest BCUT2D eigenvalue weighted by molar-refractivity contribution is 5.67. The third-order valence-electron chi connectivity index (χ3n) is 2.90. The van der Waals surface area contributed by atoms with E-state index in [2.05, 4.69) is 5.32 Å². The second kappa shape index (κ2) is 4.92. The molecular weight excluding hydrogens is 198 g/mol. The lowest BCUT2D eigenvalue weighted by molar-refractivity contribution is -0.141. The summed E-state index contributed by atoms with van der Waals surface area (Å²) in [6.45, 7) is 2.37. The predicted octanol–water partition coefficient (Wildman–Crippen LogP) is 0.202. The van der Waals surface area contributed by atoms with Crippen molar-refractivity contribution in [3.63, 3.8) is 0 Å². The topological polar surface area (TPSA) is 67.8 Å². The van der Waals surface area contributed by atoms with Gasteiger partial charge in [0.15, 0.2) is 6.29 Å². The Hall–Kier alpha value is -0.650. The maximum absolute atomic E-state index is 10.5. The number of aliphatic carboxylic acids is 1. The van der Waals surface area contributed by atoms with Crippen LogP contribution in [0.25, 0.3) is 0 Å². The summed E-state index contributed by atoms with van der Waals surface area (Å²) in [5.41, 5.74) is 0. The molecule has 2 fully saturated rings. The van der Waals surface area contributed by atoms with Crippen LogP contribution in [0.3, 0.4) is 0 Å². The molecule has 86 valence electrons. The van der Waals surface area contributed by atoms with Crippen LogP contribution in [-0.2, 0) is 14.3 Å². The van der Waals surface area contributed by atoms with Gasteiger partial charge < -0.3 is 19.9 Å². The van der Waals surface area contributed by atoms with Crippen LogP contribution in [0.4, 0.5) is 0 Å². The van der Waals surface area contributed by atoms with E-state index in [1.165, 1.54) is 0 Å². The Morgan fingerprint density at radius 2 is 2.40 bits per heavy atom. The van der Waals surface area contributed by atoms with Crippen molar-refractivity contribution in [3.8, 4) is 0 Å². The zero-order chi connectivity index (χ0) is 10.7. The molecule has 3 unspecified atom stereocenters. The Kier molecular flexibility index (Phi) is 3.56. The highest BCUT2D eigenvalue weighted by Gasteiger charge is 2.34. The first-order chi connectivity index (χ1) is 7.25. The highest BCUT2D eigenvalue weighted by atomic mass is 16.7. The molecular formula is C10H17NO4. The largest absolute Gasteiger partial charge is 0.481 e. The number of carboxylic acid groups (broad SMARTS) is 1. The lowest BCUT2D eigenvalue weighted by atomic mass is 9.99. The van der Waals surface area contributed by atoms with Gasteiger partial charge in [-0.05, 0) is 19.4 Å². The summed E-state index contributed by atoms with van der Waals surface area (Å²) < 4.78 is 11.0. The maximum atomic E-state index is 10.5. The Balaban J connectivity index is 1.78. The van der Waals surface area contributed by atoms with E-state index < -0.39 is 5.97 Å². The van der Waals surface area contributed by atoms with Crippen LogP contribution in [0.1, 0.15) is 19.3 Å². The third kappa shape index (κ3) is 2.90. The molecule has 0 amide bonds. The minimum atomic E-state index is -0.828. The molecule has 0 aromatic heterocycles. The summed E-state index contributed by atoms with van der Waals surface area (Å²) in [7, 11) is 0. The second-order valence-corrected chi connectivity index (χ2v) is 4.16. The van der Waals surface area contributed by atoms with E-state index in [4.69, 9.17) is 14.6 Å². The van der Waals surface area contributed by atoms with Gasteiger partial charge in [-0.1, -0.05) is 0 Å². The van der Waals surface area contributed by atoms with Gasteiger partial charge in [0.05, 0.1) is 19.1 Å². The lowest BCUT2D eigenvalue weighted by Crippen LogP contribution is -2.37. The molecule has 0 saturated carbocycles. The molecule has 2 rings (SSSR count). The number of ether oxygens (including phenoxy) is 2. The zero-order valence-electron chi connectivity index (χ0n) is 8.65. The smallest absolute Gasteiger partial charge is 0.306 e. The standard InChI is InChI=1S/C10H17NO4/c12-9(13)4-8-6-14-10(15-8)7-2-1-3-11-5-7/h7-8,10-11H,1-6H2,(H,12,13). The summed E-state index contributed by atoms with van der Waals surface area (Å²) in [6, 6.07) is 0. The second-order valence-electron chi connectivity index (χ2n) is 4.16. The van der Waals surface area contributed by atoms with Crippen molar-refractivity contribution in [1.29, 1.82) is 0 Å². The van der Waals surface area contributed by atoms with Crippen LogP contribution in [0.2, 0.25) is 0 Å². The monoisotopic (exact) mass is 215 g/mol. The molecule has 0 aromatic carbocycles. The van der Waals surface area contributed by atoms with Crippen molar-refractivity contribution in [2.45, 2.75) is 31.7 Å². The number of hydrogen-bond donors (Lipinski definition) is 2. The zero-order valence-corrected chi connectivity index (χ0v) is 8.65. The maximum Gasteiger partial charge on any atom is 0.306 e. The number of nitrogens with one attached hydrogen (secondary N) is 1. The molecule has 2 aliphatic rings. The molecule has 0 aromatic rings. The average Bonchev–Trinajstić information content (AvgIpc) is 2.67. The van der Waals surface area contributed by atoms with Crippen LogP contribution >= 0.6 is 0 Å². The Labute approximate surface area is 88.7 Å². The molecule has 15 heavy (non-hydrogen) atoms. The molecule has 5 nitrogen and oxygen atoms in total. The van der Waals surface area contributed by atoms with E-state index in [0.29, 0.717) is 12.5 Å². The number of rotatable bonds is 3. The fourth-order valence-electron chi connectivity index (χ4n) is 2.13. The van der Waals surface area contributed by atoms with Gasteiger partial charge in [-0.15, -0.1) is 0 Å². The molecule has 0 bridgehead atoms. The molecule has 3 atom stereocenters. The summed E-state index contributed by atoms with van der Waals surface area (Å²) in [5, 5.41) is 11.9. The quantitative estimate of drug-likeness (QED) is 0.704. The fourth-order valence-corrected chi connectivity index (χ4v) is 2.13. The SMILES string of the molecule is O=C(O)CC1COC(C2CCCNC2)O1. The van der Waals surface area contributed by atoms with Crippen molar-refractivity contribution < 1.29 is 19.4 Å². The summed E-state index contributed by atoms with van der Waals surface area (Å²) in [5.74, 6) is -0.455. The van der Waals surface area contributed by atoms with Crippen LogP contribution in [-0.4, -0.2) is 43.2 Å². The van der Waals surface area contributed by atoms with Gasteiger partial charge in [0.2, 0.25) is 0 Å². The van der Waals surface area contributed by atoms with Gasteiger partial charge in [0, 0.05) is 12.5 Å². The average molecular weight is 215 g/mol. The number of piperidine rings is 1. The van der Waals surface area contributed by atoms with E-state index in [1.54, 1.807) is 0 Å². The third-order valence-corrected chi connectivity index (χ3v) is 2.90. The number of hydrogen-bond acceptors (Lipinski definition) is 4. The Morgan fingerprint density at radius 1 is 1.53 bits per heavy atom. The first-order valence-corrected chi connectivity index (χ1v) is 5.45. The minimum Gasteiger partial charge on any atom is -0.481 e. The Morgan fingerprint density at radius 3 is 3.07 bits per heavy atom. The van der Waals surface area contributed by atoms with Gasteiger partial charge in [-0.25, -0.2) is 0 Å². The lowest BCUT2D eigenvalue weighted by Gasteiger charge is -2.26. The van der Waals surface area contributed by atoms with Crippen molar-refractivity contribution in [2.75, 3.05) is 19.7 Å². The first kappa shape index (κ1) is 10.9. The molecule has 2 heterocycles. The van der Waals surface area contributed by atoms with Crippen molar-refractivity contribution in [3.05, 3.63) is 0 Å². The van der Waals surface area contributed by atoms with E-state index in [0.717, 1.165) is 25.9 Å².